The van der Waals surface area contributed by atoms with Crippen molar-refractivity contribution in [2.24, 2.45) is 18.9 Å². The maximum atomic E-state index is 11.3. The molecular weight excluding hydrogens is 256 g/mol. The van der Waals surface area contributed by atoms with Gasteiger partial charge >= 0.3 is 5.69 Å². The Morgan fingerprint density at radius 3 is 2.65 bits per heavy atom. The van der Waals surface area contributed by atoms with Crippen LogP contribution >= 0.6 is 0 Å². The lowest BCUT2D eigenvalue weighted by atomic mass is 9.79. The Hall–Kier alpha value is -1.59. The van der Waals surface area contributed by atoms with E-state index in [1.54, 1.807) is 11.7 Å². The first kappa shape index (κ1) is 14.8. The van der Waals surface area contributed by atoms with Gasteiger partial charge in [-0.15, -0.1) is 0 Å². The molecular formula is C14H24N4O2. The first-order chi connectivity index (χ1) is 9.43. The van der Waals surface area contributed by atoms with E-state index in [-0.39, 0.29) is 10.6 Å². The lowest BCUT2D eigenvalue weighted by Crippen LogP contribution is -2.31. The van der Waals surface area contributed by atoms with Crippen LogP contribution in [0.3, 0.4) is 0 Å². The van der Waals surface area contributed by atoms with Gasteiger partial charge in [-0.05, 0) is 37.5 Å². The van der Waals surface area contributed by atoms with Gasteiger partial charge in [-0.3, -0.25) is 10.1 Å². The van der Waals surface area contributed by atoms with Crippen LogP contribution in [-0.2, 0) is 13.5 Å². The van der Waals surface area contributed by atoms with Gasteiger partial charge in [0.2, 0.25) is 5.82 Å². The molecule has 0 saturated heterocycles. The topological polar surface area (TPSA) is 73.0 Å². The minimum absolute atomic E-state index is 0.140. The minimum Gasteiger partial charge on any atom is -0.362 e. The summed E-state index contributed by atoms with van der Waals surface area (Å²) >= 11 is 0. The van der Waals surface area contributed by atoms with Gasteiger partial charge in [0.05, 0.1) is 4.92 Å². The smallest absolute Gasteiger partial charge is 0.333 e. The Balaban J connectivity index is 2.21. The van der Waals surface area contributed by atoms with E-state index in [1.165, 1.54) is 6.42 Å². The standard InChI is InChI=1S/C14H24N4O2/c1-5-12-13(18(19)20)14(17(4)16-12)15-11-7-6-9(2)10(3)8-11/h9-11,15H,5-8H2,1-4H3. The molecule has 0 aromatic carbocycles. The number of aromatic nitrogens is 2. The van der Waals surface area contributed by atoms with E-state index < -0.39 is 0 Å². The number of hydrogen-bond acceptors (Lipinski definition) is 4. The highest BCUT2D eigenvalue weighted by atomic mass is 16.6. The van der Waals surface area contributed by atoms with Gasteiger partial charge in [-0.25, -0.2) is 4.68 Å². The fourth-order valence-electron chi connectivity index (χ4n) is 3.03. The molecule has 1 N–H and O–H groups in total. The summed E-state index contributed by atoms with van der Waals surface area (Å²) in [5, 5.41) is 18.9. The van der Waals surface area contributed by atoms with Gasteiger partial charge in [0.1, 0.15) is 5.69 Å². The van der Waals surface area contributed by atoms with Crippen LogP contribution in [0.15, 0.2) is 0 Å². The zero-order chi connectivity index (χ0) is 14.9. The molecule has 0 amide bonds. The van der Waals surface area contributed by atoms with E-state index >= 15 is 0 Å². The number of nitrogens with zero attached hydrogens (tertiary/aromatic N) is 3. The Morgan fingerprint density at radius 2 is 2.10 bits per heavy atom. The van der Waals surface area contributed by atoms with Crippen molar-refractivity contribution in [3.05, 3.63) is 15.8 Å². The minimum atomic E-state index is -0.316. The van der Waals surface area contributed by atoms with Crippen molar-refractivity contribution < 1.29 is 4.92 Å². The highest BCUT2D eigenvalue weighted by molar-refractivity contribution is 5.60. The van der Waals surface area contributed by atoms with Crippen LogP contribution < -0.4 is 5.32 Å². The number of hydrogen-bond donors (Lipinski definition) is 1. The van der Waals surface area contributed by atoms with E-state index in [2.05, 4.69) is 24.3 Å². The van der Waals surface area contributed by atoms with Gasteiger partial charge < -0.3 is 5.32 Å². The molecule has 0 bridgehead atoms. The molecule has 1 aliphatic carbocycles. The maximum Gasteiger partial charge on any atom is 0.333 e. The molecule has 1 aliphatic rings. The SMILES string of the molecule is CCc1nn(C)c(NC2CCC(C)C(C)C2)c1[N+](=O)[O-]. The molecule has 1 heterocycles. The predicted octanol–water partition coefficient (Wildman–Crippen LogP) is 3.13. The van der Waals surface area contributed by atoms with E-state index in [1.807, 2.05) is 6.92 Å². The summed E-state index contributed by atoms with van der Waals surface area (Å²) in [6.07, 6.45) is 3.87. The predicted molar refractivity (Wildman–Crippen MR) is 78.8 cm³/mol. The third kappa shape index (κ3) is 2.78. The lowest BCUT2D eigenvalue weighted by molar-refractivity contribution is -0.384. The number of anilines is 1. The van der Waals surface area contributed by atoms with Crippen LogP contribution in [-0.4, -0.2) is 20.7 Å². The Morgan fingerprint density at radius 1 is 1.40 bits per heavy atom. The normalized spacial score (nSPS) is 26.5. The molecule has 112 valence electrons. The lowest BCUT2D eigenvalue weighted by Gasteiger charge is -2.32. The molecule has 6 heteroatoms. The van der Waals surface area contributed by atoms with E-state index in [9.17, 15) is 10.1 Å². The van der Waals surface area contributed by atoms with Crippen LogP contribution in [0.5, 0.6) is 0 Å². The van der Waals surface area contributed by atoms with E-state index in [0.717, 1.165) is 18.8 Å². The summed E-state index contributed by atoms with van der Waals surface area (Å²) < 4.78 is 1.61. The summed E-state index contributed by atoms with van der Waals surface area (Å²) in [5.41, 5.74) is 0.693. The molecule has 1 fully saturated rings. The Bertz CT molecular complexity index is 498. The zero-order valence-electron chi connectivity index (χ0n) is 12.7. The van der Waals surface area contributed by atoms with Gasteiger partial charge in [-0.2, -0.15) is 5.10 Å². The number of rotatable bonds is 4. The average Bonchev–Trinajstić information content (AvgIpc) is 2.71. The second-order valence-electron chi connectivity index (χ2n) is 5.99. The molecule has 3 atom stereocenters. The fourth-order valence-corrected chi connectivity index (χ4v) is 3.03. The highest BCUT2D eigenvalue weighted by Crippen LogP contribution is 2.34. The van der Waals surface area contributed by atoms with Crippen molar-refractivity contribution in [3.63, 3.8) is 0 Å². The maximum absolute atomic E-state index is 11.3. The highest BCUT2D eigenvalue weighted by Gasteiger charge is 2.30. The summed E-state index contributed by atoms with van der Waals surface area (Å²) in [5.74, 6) is 1.94. The van der Waals surface area contributed by atoms with E-state index in [4.69, 9.17) is 0 Å². The molecule has 0 radical (unpaired) electrons. The molecule has 1 aromatic heterocycles. The number of aryl methyl sites for hydroxylation is 2. The van der Waals surface area contributed by atoms with E-state index in [0.29, 0.717) is 29.9 Å². The van der Waals surface area contributed by atoms with Crippen molar-refractivity contribution in [1.29, 1.82) is 0 Å². The molecule has 20 heavy (non-hydrogen) atoms. The number of nitro groups is 1. The van der Waals surface area contributed by atoms with Gasteiger partial charge in [0.15, 0.2) is 0 Å². The first-order valence-electron chi connectivity index (χ1n) is 7.40. The van der Waals surface area contributed by atoms with Crippen molar-refractivity contribution in [2.45, 2.75) is 52.5 Å². The Labute approximate surface area is 119 Å². The molecule has 2 rings (SSSR count). The number of nitrogens with one attached hydrogen (secondary N) is 1. The molecule has 0 aliphatic heterocycles. The van der Waals surface area contributed by atoms with Crippen molar-refractivity contribution >= 4 is 11.5 Å². The largest absolute Gasteiger partial charge is 0.362 e. The molecule has 3 unspecified atom stereocenters. The van der Waals surface area contributed by atoms with Crippen LogP contribution in [0.1, 0.15) is 45.7 Å². The first-order valence-corrected chi connectivity index (χ1v) is 7.40. The van der Waals surface area contributed by atoms with Gasteiger partial charge in [0.25, 0.3) is 0 Å². The molecule has 0 spiro atoms. The van der Waals surface area contributed by atoms with Crippen LogP contribution in [0.4, 0.5) is 11.5 Å². The van der Waals surface area contributed by atoms with Crippen LogP contribution in [0, 0.1) is 22.0 Å². The van der Waals surface area contributed by atoms with Crippen LogP contribution in [0.2, 0.25) is 0 Å². The average molecular weight is 280 g/mol. The van der Waals surface area contributed by atoms with Crippen molar-refractivity contribution in [1.82, 2.24) is 9.78 Å². The van der Waals surface area contributed by atoms with Crippen molar-refractivity contribution in [2.75, 3.05) is 5.32 Å². The zero-order valence-corrected chi connectivity index (χ0v) is 12.7. The third-order valence-electron chi connectivity index (χ3n) is 4.55. The van der Waals surface area contributed by atoms with Crippen LogP contribution in [0.25, 0.3) is 0 Å². The second-order valence-corrected chi connectivity index (χ2v) is 5.99. The second kappa shape index (κ2) is 5.81. The summed E-state index contributed by atoms with van der Waals surface area (Å²) in [6.45, 7) is 6.43. The van der Waals surface area contributed by atoms with Crippen molar-refractivity contribution in [3.8, 4) is 0 Å². The monoisotopic (exact) mass is 280 g/mol. The summed E-state index contributed by atoms with van der Waals surface area (Å²) in [6, 6.07) is 0.306. The quantitative estimate of drug-likeness (QED) is 0.679. The fraction of sp³-hybridized carbons (Fsp3) is 0.786. The molecule has 1 aromatic rings. The molecule has 6 nitrogen and oxygen atoms in total. The van der Waals surface area contributed by atoms with Gasteiger partial charge in [-0.1, -0.05) is 20.8 Å². The summed E-state index contributed by atoms with van der Waals surface area (Å²) in [7, 11) is 1.77. The Kier molecular flexibility index (Phi) is 4.30. The molecule has 1 saturated carbocycles. The third-order valence-corrected chi connectivity index (χ3v) is 4.55. The summed E-state index contributed by atoms with van der Waals surface area (Å²) in [4.78, 5) is 11.0. The van der Waals surface area contributed by atoms with Gasteiger partial charge in [0, 0.05) is 13.1 Å².